The molecule has 1 fully saturated rings. The Morgan fingerprint density at radius 2 is 2.15 bits per heavy atom. The van der Waals surface area contributed by atoms with Gasteiger partial charge in [-0.05, 0) is 11.8 Å². The lowest BCUT2D eigenvalue weighted by Crippen LogP contribution is -2.20. The molecule has 2 rings (SSSR count). The number of rotatable bonds is 2. The highest BCUT2D eigenvalue weighted by Crippen LogP contribution is 2.26. The fourth-order valence-corrected chi connectivity index (χ4v) is 2.74. The van der Waals surface area contributed by atoms with Crippen LogP contribution in [0.5, 0.6) is 0 Å². The molecular weight excluding hydrogens is 184 g/mol. The Morgan fingerprint density at radius 1 is 1.38 bits per heavy atom. The minimum Gasteiger partial charge on any atom is -0.392 e. The van der Waals surface area contributed by atoms with E-state index in [4.69, 9.17) is 0 Å². The van der Waals surface area contributed by atoms with Crippen LogP contribution in [0.1, 0.15) is 5.82 Å². The van der Waals surface area contributed by atoms with Gasteiger partial charge in [0.05, 0.1) is 6.10 Å². The Labute approximate surface area is 81.6 Å². The van der Waals surface area contributed by atoms with Gasteiger partial charge in [-0.2, -0.15) is 11.8 Å². The molecule has 2 heterocycles. The summed E-state index contributed by atoms with van der Waals surface area (Å²) in [4.78, 5) is 8.29. The van der Waals surface area contributed by atoms with Crippen molar-refractivity contribution in [3.05, 3.63) is 24.3 Å². The monoisotopic (exact) mass is 196 g/mol. The van der Waals surface area contributed by atoms with Crippen LogP contribution in [0.3, 0.4) is 0 Å². The Kier molecular flexibility index (Phi) is 2.80. The second-order valence-electron chi connectivity index (χ2n) is 3.23. The standard InChI is InChI=1S/C9H12N2OS/c12-8-6-13-5-7(8)4-9-10-2-1-3-11-9/h1-3,7-8,12H,4-6H2. The first-order valence-electron chi connectivity index (χ1n) is 4.38. The van der Waals surface area contributed by atoms with Crippen molar-refractivity contribution in [3.63, 3.8) is 0 Å². The Balaban J connectivity index is 1.98. The van der Waals surface area contributed by atoms with Gasteiger partial charge in [0.15, 0.2) is 0 Å². The molecule has 1 aliphatic rings. The number of aliphatic hydroxyl groups is 1. The predicted molar refractivity (Wildman–Crippen MR) is 52.6 cm³/mol. The van der Waals surface area contributed by atoms with Crippen molar-refractivity contribution in [1.82, 2.24) is 9.97 Å². The zero-order valence-electron chi connectivity index (χ0n) is 7.26. The van der Waals surface area contributed by atoms with E-state index in [0.717, 1.165) is 23.8 Å². The SMILES string of the molecule is OC1CSCC1Cc1ncccn1. The summed E-state index contributed by atoms with van der Waals surface area (Å²) in [5.74, 6) is 3.07. The molecular formula is C9H12N2OS. The first kappa shape index (κ1) is 8.97. The summed E-state index contributed by atoms with van der Waals surface area (Å²) in [5.41, 5.74) is 0. The van der Waals surface area contributed by atoms with E-state index in [1.807, 2.05) is 6.07 Å². The van der Waals surface area contributed by atoms with E-state index in [1.54, 1.807) is 24.2 Å². The molecule has 13 heavy (non-hydrogen) atoms. The second kappa shape index (κ2) is 4.07. The van der Waals surface area contributed by atoms with Gasteiger partial charge >= 0.3 is 0 Å². The summed E-state index contributed by atoms with van der Waals surface area (Å²) >= 11 is 1.80. The van der Waals surface area contributed by atoms with Crippen LogP contribution in [0.25, 0.3) is 0 Å². The minimum absolute atomic E-state index is 0.172. The van der Waals surface area contributed by atoms with E-state index in [1.165, 1.54) is 0 Å². The van der Waals surface area contributed by atoms with E-state index >= 15 is 0 Å². The van der Waals surface area contributed by atoms with Gasteiger partial charge in [0.2, 0.25) is 0 Å². The molecule has 0 amide bonds. The van der Waals surface area contributed by atoms with Gasteiger partial charge in [-0.15, -0.1) is 0 Å². The van der Waals surface area contributed by atoms with Gasteiger partial charge in [-0.1, -0.05) is 0 Å². The fraction of sp³-hybridized carbons (Fsp3) is 0.556. The Bertz CT molecular complexity index is 268. The van der Waals surface area contributed by atoms with Crippen LogP contribution >= 0.6 is 11.8 Å². The van der Waals surface area contributed by atoms with E-state index in [-0.39, 0.29) is 6.10 Å². The maximum Gasteiger partial charge on any atom is 0.128 e. The summed E-state index contributed by atoms with van der Waals surface area (Å²) in [7, 11) is 0. The predicted octanol–water partition coefficient (Wildman–Crippen LogP) is 0.743. The van der Waals surface area contributed by atoms with Crippen molar-refractivity contribution in [3.8, 4) is 0 Å². The van der Waals surface area contributed by atoms with Gasteiger partial charge in [0.25, 0.3) is 0 Å². The molecule has 1 aromatic heterocycles. The molecule has 1 aromatic rings. The lowest BCUT2D eigenvalue weighted by atomic mass is 10.0. The van der Waals surface area contributed by atoms with Crippen molar-refractivity contribution in [2.24, 2.45) is 5.92 Å². The summed E-state index contributed by atoms with van der Waals surface area (Å²) in [6.45, 7) is 0. The quantitative estimate of drug-likeness (QED) is 0.758. The molecule has 1 saturated heterocycles. The molecule has 2 unspecified atom stereocenters. The average molecular weight is 196 g/mol. The summed E-state index contributed by atoms with van der Waals surface area (Å²) < 4.78 is 0. The van der Waals surface area contributed by atoms with Crippen LogP contribution in [0.15, 0.2) is 18.5 Å². The molecule has 4 heteroatoms. The zero-order chi connectivity index (χ0) is 9.10. The summed E-state index contributed by atoms with van der Waals surface area (Å²) in [6.07, 6.45) is 4.12. The van der Waals surface area contributed by atoms with Crippen molar-refractivity contribution >= 4 is 11.8 Å². The first-order chi connectivity index (χ1) is 6.36. The third-order valence-electron chi connectivity index (χ3n) is 2.23. The van der Waals surface area contributed by atoms with Crippen LogP contribution < -0.4 is 0 Å². The third kappa shape index (κ3) is 2.19. The molecule has 1 N–H and O–H groups in total. The van der Waals surface area contributed by atoms with Crippen LogP contribution in [0.4, 0.5) is 0 Å². The summed E-state index contributed by atoms with van der Waals surface area (Å²) in [5, 5.41) is 9.57. The van der Waals surface area contributed by atoms with E-state index in [2.05, 4.69) is 9.97 Å². The van der Waals surface area contributed by atoms with Gasteiger partial charge in [-0.3, -0.25) is 0 Å². The van der Waals surface area contributed by atoms with E-state index in [0.29, 0.717) is 5.92 Å². The molecule has 1 aliphatic heterocycles. The molecule has 2 atom stereocenters. The van der Waals surface area contributed by atoms with Crippen molar-refractivity contribution in [1.29, 1.82) is 0 Å². The van der Waals surface area contributed by atoms with Crippen LogP contribution in [0, 0.1) is 5.92 Å². The normalized spacial score (nSPS) is 27.8. The molecule has 3 nitrogen and oxygen atoms in total. The average Bonchev–Trinajstić information content (AvgIpc) is 2.54. The summed E-state index contributed by atoms with van der Waals surface area (Å²) in [6, 6.07) is 1.81. The van der Waals surface area contributed by atoms with Crippen LogP contribution in [0.2, 0.25) is 0 Å². The highest BCUT2D eigenvalue weighted by molar-refractivity contribution is 7.99. The molecule has 0 saturated carbocycles. The Hall–Kier alpha value is -0.610. The van der Waals surface area contributed by atoms with Crippen molar-refractivity contribution < 1.29 is 5.11 Å². The third-order valence-corrected chi connectivity index (χ3v) is 3.47. The highest BCUT2D eigenvalue weighted by atomic mass is 32.2. The van der Waals surface area contributed by atoms with Crippen LogP contribution in [-0.2, 0) is 6.42 Å². The number of hydrogen-bond acceptors (Lipinski definition) is 4. The van der Waals surface area contributed by atoms with E-state index < -0.39 is 0 Å². The molecule has 70 valence electrons. The molecule has 0 bridgehead atoms. The molecule has 0 spiro atoms. The van der Waals surface area contributed by atoms with Crippen molar-refractivity contribution in [2.75, 3.05) is 11.5 Å². The van der Waals surface area contributed by atoms with Gasteiger partial charge < -0.3 is 5.11 Å². The van der Waals surface area contributed by atoms with Gasteiger partial charge in [0, 0.05) is 30.5 Å². The first-order valence-corrected chi connectivity index (χ1v) is 5.53. The maximum absolute atomic E-state index is 9.57. The number of aliphatic hydroxyl groups excluding tert-OH is 1. The Morgan fingerprint density at radius 3 is 2.77 bits per heavy atom. The second-order valence-corrected chi connectivity index (χ2v) is 4.31. The number of nitrogens with zero attached hydrogens (tertiary/aromatic N) is 2. The topological polar surface area (TPSA) is 46.0 Å². The fourth-order valence-electron chi connectivity index (χ4n) is 1.45. The number of hydrogen-bond donors (Lipinski definition) is 1. The molecule has 0 aliphatic carbocycles. The van der Waals surface area contributed by atoms with Gasteiger partial charge in [-0.25, -0.2) is 9.97 Å². The maximum atomic E-state index is 9.57. The largest absolute Gasteiger partial charge is 0.392 e. The minimum atomic E-state index is -0.172. The van der Waals surface area contributed by atoms with Crippen LogP contribution in [-0.4, -0.2) is 32.7 Å². The van der Waals surface area contributed by atoms with E-state index in [9.17, 15) is 5.11 Å². The smallest absolute Gasteiger partial charge is 0.128 e. The highest BCUT2D eigenvalue weighted by Gasteiger charge is 2.26. The van der Waals surface area contributed by atoms with Gasteiger partial charge in [0.1, 0.15) is 5.82 Å². The molecule has 0 radical (unpaired) electrons. The van der Waals surface area contributed by atoms with Crippen molar-refractivity contribution in [2.45, 2.75) is 12.5 Å². The number of aromatic nitrogens is 2. The lowest BCUT2D eigenvalue weighted by molar-refractivity contribution is 0.148. The zero-order valence-corrected chi connectivity index (χ0v) is 8.07. The number of thioether (sulfide) groups is 1. The molecule has 0 aromatic carbocycles. The lowest BCUT2D eigenvalue weighted by Gasteiger charge is -2.11.